The smallest absolute Gasteiger partial charge is 0.317 e. The molecular formula is C15H28N2O2S. The molecule has 0 aromatic carbocycles. The molecule has 2 fully saturated rings. The summed E-state index contributed by atoms with van der Waals surface area (Å²) in [5, 5.41) is 3.33. The van der Waals surface area contributed by atoms with Gasteiger partial charge < -0.3 is 10.2 Å². The molecule has 2 amide bonds. The van der Waals surface area contributed by atoms with Gasteiger partial charge in [-0.15, -0.1) is 0 Å². The van der Waals surface area contributed by atoms with Gasteiger partial charge in [0.1, 0.15) is 0 Å². The Balaban J connectivity index is 1.91. The zero-order chi connectivity index (χ0) is 14.4. The lowest BCUT2D eigenvalue weighted by molar-refractivity contribution is 0.192. The maximum Gasteiger partial charge on any atom is 0.317 e. The summed E-state index contributed by atoms with van der Waals surface area (Å²) in [5.41, 5.74) is 0. The average molecular weight is 300 g/mol. The summed E-state index contributed by atoms with van der Waals surface area (Å²) in [7, 11) is -0.802. The van der Waals surface area contributed by atoms with E-state index in [0.717, 1.165) is 51.6 Å². The number of nitrogens with zero attached hydrogens (tertiary/aromatic N) is 1. The number of hydrogen-bond acceptors (Lipinski definition) is 2. The van der Waals surface area contributed by atoms with E-state index in [9.17, 15) is 9.00 Å². The summed E-state index contributed by atoms with van der Waals surface area (Å²) >= 11 is 0. The lowest BCUT2D eigenvalue weighted by Gasteiger charge is -2.33. The quantitative estimate of drug-likeness (QED) is 0.871. The number of urea groups is 1. The number of likely N-dealkylation sites (tertiary alicyclic amines) is 1. The zero-order valence-corrected chi connectivity index (χ0v) is 13.4. The molecule has 2 aliphatic rings. The molecule has 0 unspecified atom stereocenters. The Morgan fingerprint density at radius 1 is 1.10 bits per heavy atom. The second kappa shape index (κ2) is 8.01. The first kappa shape index (κ1) is 15.8. The molecule has 0 radical (unpaired) electrons. The molecule has 0 spiro atoms. The summed E-state index contributed by atoms with van der Waals surface area (Å²) in [6, 6.07) is 0.178. The van der Waals surface area contributed by atoms with Crippen LogP contribution in [-0.4, -0.2) is 45.3 Å². The average Bonchev–Trinajstić information content (AvgIpc) is 2.76. The molecule has 0 bridgehead atoms. The Hall–Kier alpha value is -0.580. The van der Waals surface area contributed by atoms with Crippen LogP contribution in [0.15, 0.2) is 0 Å². The molecule has 1 saturated heterocycles. The molecule has 0 aromatic heterocycles. The van der Waals surface area contributed by atoms with Crippen molar-refractivity contribution in [1.29, 1.82) is 0 Å². The third kappa shape index (κ3) is 4.21. The van der Waals surface area contributed by atoms with Crippen LogP contribution in [0.3, 0.4) is 0 Å². The maximum atomic E-state index is 12.4. The molecule has 5 heteroatoms. The highest BCUT2D eigenvalue weighted by atomic mass is 32.2. The minimum atomic E-state index is -0.802. The van der Waals surface area contributed by atoms with Crippen molar-refractivity contribution >= 4 is 16.8 Å². The van der Waals surface area contributed by atoms with E-state index < -0.39 is 10.8 Å². The summed E-state index contributed by atoms with van der Waals surface area (Å²) < 4.78 is 12.1. The van der Waals surface area contributed by atoms with Crippen molar-refractivity contribution in [3.05, 3.63) is 0 Å². The van der Waals surface area contributed by atoms with Crippen LogP contribution in [0.25, 0.3) is 0 Å². The highest BCUT2D eigenvalue weighted by molar-refractivity contribution is 7.85. The number of hydrogen-bond donors (Lipinski definition) is 1. The summed E-state index contributed by atoms with van der Waals surface area (Å²) in [4.78, 5) is 14.3. The van der Waals surface area contributed by atoms with Crippen molar-refractivity contribution in [3.8, 4) is 0 Å². The Kier molecular flexibility index (Phi) is 6.33. The number of rotatable bonds is 3. The van der Waals surface area contributed by atoms with Crippen molar-refractivity contribution in [2.45, 2.75) is 69.6 Å². The number of amides is 2. The molecule has 20 heavy (non-hydrogen) atoms. The van der Waals surface area contributed by atoms with E-state index in [0.29, 0.717) is 5.75 Å². The Labute approximate surface area is 125 Å². The van der Waals surface area contributed by atoms with Crippen molar-refractivity contribution in [2.24, 2.45) is 0 Å². The molecule has 1 heterocycles. The molecule has 2 rings (SSSR count). The monoisotopic (exact) mass is 300 g/mol. The first-order chi connectivity index (χ1) is 9.72. The van der Waals surface area contributed by atoms with Crippen LogP contribution >= 0.6 is 0 Å². The molecule has 1 aliphatic heterocycles. The highest BCUT2D eigenvalue weighted by Gasteiger charge is 2.31. The predicted molar refractivity (Wildman–Crippen MR) is 83.3 cm³/mol. The van der Waals surface area contributed by atoms with Gasteiger partial charge in [-0.1, -0.05) is 32.6 Å². The first-order valence-electron chi connectivity index (χ1n) is 8.15. The normalized spacial score (nSPS) is 29.6. The lowest BCUT2D eigenvalue weighted by Crippen LogP contribution is -2.51. The molecule has 1 aliphatic carbocycles. The maximum absolute atomic E-state index is 12.4. The molecule has 4 nitrogen and oxygen atoms in total. The predicted octanol–water partition coefficient (Wildman–Crippen LogP) is 2.65. The Bertz CT molecular complexity index is 341. The van der Waals surface area contributed by atoms with E-state index in [1.54, 1.807) is 0 Å². The molecule has 3 atom stereocenters. The fourth-order valence-electron chi connectivity index (χ4n) is 3.31. The number of carbonyl (C=O) groups excluding carboxylic acids is 1. The Morgan fingerprint density at radius 2 is 1.75 bits per heavy atom. The molecule has 116 valence electrons. The van der Waals surface area contributed by atoms with Gasteiger partial charge >= 0.3 is 6.03 Å². The highest BCUT2D eigenvalue weighted by Crippen LogP contribution is 2.23. The Morgan fingerprint density at radius 3 is 2.40 bits per heavy atom. The zero-order valence-electron chi connectivity index (χ0n) is 12.6. The summed E-state index contributed by atoms with van der Waals surface area (Å²) in [6.07, 6.45) is 8.95. The van der Waals surface area contributed by atoms with E-state index in [1.807, 2.05) is 11.8 Å². The molecule has 0 aromatic rings. The van der Waals surface area contributed by atoms with Crippen molar-refractivity contribution in [2.75, 3.05) is 18.8 Å². The van der Waals surface area contributed by atoms with Crippen molar-refractivity contribution in [3.63, 3.8) is 0 Å². The van der Waals surface area contributed by atoms with Crippen molar-refractivity contribution < 1.29 is 9.00 Å². The lowest BCUT2D eigenvalue weighted by atomic mass is 9.95. The van der Waals surface area contributed by atoms with Gasteiger partial charge in [-0.3, -0.25) is 4.21 Å². The van der Waals surface area contributed by atoms with E-state index in [4.69, 9.17) is 0 Å². The fourth-order valence-corrected chi connectivity index (χ4v) is 4.74. The van der Waals surface area contributed by atoms with Crippen LogP contribution in [0, 0.1) is 0 Å². The molecule has 1 saturated carbocycles. The van der Waals surface area contributed by atoms with Gasteiger partial charge in [-0.2, -0.15) is 0 Å². The minimum Gasteiger partial charge on any atom is -0.334 e. The molecular weight excluding hydrogens is 272 g/mol. The SMILES string of the molecule is CC[S@](=O)[C@@H]1CCCC[C@H]1NC(=O)N1CCCCCC1. The fraction of sp³-hybridized carbons (Fsp3) is 0.933. The summed E-state index contributed by atoms with van der Waals surface area (Å²) in [5.74, 6) is 0.695. The van der Waals surface area contributed by atoms with E-state index in [-0.39, 0.29) is 17.3 Å². The van der Waals surface area contributed by atoms with Crippen LogP contribution in [-0.2, 0) is 10.8 Å². The molecule has 1 N–H and O–H groups in total. The summed E-state index contributed by atoms with van der Waals surface area (Å²) in [6.45, 7) is 3.72. The minimum absolute atomic E-state index is 0.0666. The van der Waals surface area contributed by atoms with Crippen LogP contribution in [0.4, 0.5) is 4.79 Å². The topological polar surface area (TPSA) is 49.4 Å². The van der Waals surface area contributed by atoms with E-state index >= 15 is 0 Å². The third-order valence-electron chi connectivity index (χ3n) is 4.53. The number of carbonyl (C=O) groups is 1. The second-order valence-electron chi connectivity index (χ2n) is 5.95. The standard InChI is InChI=1S/C15H28N2O2S/c1-2-20(19)14-10-6-5-9-13(14)16-15(18)17-11-7-3-4-8-12-17/h13-14H,2-12H2,1H3,(H,16,18)/t13-,14-,20+/m1/s1. The second-order valence-corrected chi connectivity index (χ2v) is 7.89. The van der Waals surface area contributed by atoms with Gasteiger partial charge in [0.2, 0.25) is 0 Å². The van der Waals surface area contributed by atoms with Gasteiger partial charge in [-0.25, -0.2) is 4.79 Å². The van der Waals surface area contributed by atoms with Gasteiger partial charge in [0.25, 0.3) is 0 Å². The van der Waals surface area contributed by atoms with E-state index in [2.05, 4.69) is 5.32 Å². The van der Waals surface area contributed by atoms with Crippen LogP contribution in [0.1, 0.15) is 58.3 Å². The van der Waals surface area contributed by atoms with Gasteiger partial charge in [0.05, 0.1) is 5.25 Å². The van der Waals surface area contributed by atoms with Gasteiger partial charge in [0.15, 0.2) is 0 Å². The van der Waals surface area contributed by atoms with Crippen LogP contribution < -0.4 is 5.32 Å². The van der Waals surface area contributed by atoms with Crippen molar-refractivity contribution in [1.82, 2.24) is 10.2 Å². The van der Waals surface area contributed by atoms with Crippen LogP contribution in [0.5, 0.6) is 0 Å². The first-order valence-corrected chi connectivity index (χ1v) is 9.53. The third-order valence-corrected chi connectivity index (χ3v) is 6.34. The van der Waals surface area contributed by atoms with Gasteiger partial charge in [0, 0.05) is 35.7 Å². The number of nitrogens with one attached hydrogen (secondary N) is 1. The largest absolute Gasteiger partial charge is 0.334 e. The van der Waals surface area contributed by atoms with Crippen LogP contribution in [0.2, 0.25) is 0 Å². The van der Waals surface area contributed by atoms with E-state index in [1.165, 1.54) is 12.8 Å². The van der Waals surface area contributed by atoms with Gasteiger partial charge in [-0.05, 0) is 25.7 Å².